The number of carboxylic acid groups (broad SMARTS) is 1. The van der Waals surface area contributed by atoms with E-state index in [-0.39, 0.29) is 11.4 Å². The Bertz CT molecular complexity index is 586. The number of pyridine rings is 1. The van der Waals surface area contributed by atoms with E-state index in [1.54, 1.807) is 24.3 Å². The Labute approximate surface area is 110 Å². The van der Waals surface area contributed by atoms with Gasteiger partial charge in [0.05, 0.1) is 6.20 Å². The molecule has 0 unspecified atom stereocenters. The second-order valence-corrected chi connectivity index (χ2v) is 4.28. The molecule has 0 saturated heterocycles. The van der Waals surface area contributed by atoms with Gasteiger partial charge in [-0.2, -0.15) is 0 Å². The minimum atomic E-state index is -1.30. The quantitative estimate of drug-likeness (QED) is 0.943. The molecular weight excluding hydrogens is 305 g/mol. The third kappa shape index (κ3) is 2.84. The summed E-state index contributed by atoms with van der Waals surface area (Å²) >= 11 is 3.26. The lowest BCUT2D eigenvalue weighted by Crippen LogP contribution is -2.02. The molecule has 4 nitrogen and oxygen atoms in total. The van der Waals surface area contributed by atoms with Crippen molar-refractivity contribution >= 4 is 21.9 Å². The molecule has 18 heavy (non-hydrogen) atoms. The summed E-state index contributed by atoms with van der Waals surface area (Å²) < 4.78 is 19.1. The van der Waals surface area contributed by atoms with Crippen LogP contribution in [0.5, 0.6) is 11.6 Å². The zero-order valence-electron chi connectivity index (χ0n) is 8.93. The van der Waals surface area contributed by atoms with E-state index in [4.69, 9.17) is 9.84 Å². The fourth-order valence-corrected chi connectivity index (χ4v) is 1.54. The second-order valence-electron chi connectivity index (χ2n) is 3.37. The first-order valence-corrected chi connectivity index (χ1v) is 5.68. The maximum absolute atomic E-state index is 12.9. The summed E-state index contributed by atoms with van der Waals surface area (Å²) in [5, 5.41) is 8.92. The first kappa shape index (κ1) is 12.5. The highest BCUT2D eigenvalue weighted by Crippen LogP contribution is 2.25. The van der Waals surface area contributed by atoms with Crippen LogP contribution in [0.4, 0.5) is 4.39 Å². The number of hydrogen-bond donors (Lipinski definition) is 1. The largest absolute Gasteiger partial charge is 0.477 e. The highest BCUT2D eigenvalue weighted by Gasteiger charge is 2.14. The van der Waals surface area contributed by atoms with Crippen LogP contribution >= 0.6 is 15.9 Å². The molecule has 1 aromatic carbocycles. The van der Waals surface area contributed by atoms with Gasteiger partial charge in [-0.25, -0.2) is 14.2 Å². The number of rotatable bonds is 3. The first-order chi connectivity index (χ1) is 8.56. The Kier molecular flexibility index (Phi) is 3.57. The number of hydrogen-bond acceptors (Lipinski definition) is 3. The zero-order chi connectivity index (χ0) is 13.1. The van der Waals surface area contributed by atoms with Crippen molar-refractivity contribution in [3.05, 3.63) is 52.4 Å². The van der Waals surface area contributed by atoms with Crippen LogP contribution in [0.15, 0.2) is 41.0 Å². The number of aromatic nitrogens is 1. The summed E-state index contributed by atoms with van der Waals surface area (Å²) in [6.45, 7) is 0. The SMILES string of the molecule is O=C(O)c1cc(F)cnc1Oc1ccc(Br)cc1. The van der Waals surface area contributed by atoms with Gasteiger partial charge in [-0.3, -0.25) is 0 Å². The molecule has 0 aliphatic carbocycles. The number of ether oxygens (including phenoxy) is 1. The Hall–Kier alpha value is -1.95. The van der Waals surface area contributed by atoms with Crippen molar-refractivity contribution in [1.82, 2.24) is 4.98 Å². The lowest BCUT2D eigenvalue weighted by atomic mass is 10.2. The lowest BCUT2D eigenvalue weighted by molar-refractivity contribution is 0.0692. The van der Waals surface area contributed by atoms with Crippen molar-refractivity contribution in [1.29, 1.82) is 0 Å². The molecule has 6 heteroatoms. The summed E-state index contributed by atoms with van der Waals surface area (Å²) in [6, 6.07) is 7.61. The van der Waals surface area contributed by atoms with Crippen molar-refractivity contribution in [3.63, 3.8) is 0 Å². The highest BCUT2D eigenvalue weighted by atomic mass is 79.9. The molecule has 0 atom stereocenters. The molecule has 0 saturated carbocycles. The number of halogens is 2. The number of carboxylic acids is 1. The Morgan fingerprint density at radius 2 is 2.00 bits per heavy atom. The molecule has 2 rings (SSSR count). The molecule has 0 fully saturated rings. The molecule has 0 bridgehead atoms. The van der Waals surface area contributed by atoms with Crippen LogP contribution in [0, 0.1) is 5.82 Å². The van der Waals surface area contributed by atoms with Gasteiger partial charge in [0.15, 0.2) is 0 Å². The van der Waals surface area contributed by atoms with Crippen LogP contribution in [0.3, 0.4) is 0 Å². The van der Waals surface area contributed by atoms with E-state index in [1.165, 1.54) is 0 Å². The van der Waals surface area contributed by atoms with Gasteiger partial charge < -0.3 is 9.84 Å². The Balaban J connectivity index is 2.34. The molecule has 0 amide bonds. The van der Waals surface area contributed by atoms with Gasteiger partial charge >= 0.3 is 5.97 Å². The Morgan fingerprint density at radius 3 is 2.61 bits per heavy atom. The summed E-state index contributed by atoms with van der Waals surface area (Å²) in [4.78, 5) is 14.6. The average Bonchev–Trinajstić information content (AvgIpc) is 2.34. The van der Waals surface area contributed by atoms with Gasteiger partial charge in [0.25, 0.3) is 0 Å². The van der Waals surface area contributed by atoms with Crippen LogP contribution < -0.4 is 4.74 Å². The van der Waals surface area contributed by atoms with E-state index in [2.05, 4.69) is 20.9 Å². The third-order valence-electron chi connectivity index (χ3n) is 2.08. The predicted octanol–water partition coefficient (Wildman–Crippen LogP) is 3.47. The van der Waals surface area contributed by atoms with Crippen molar-refractivity contribution in [3.8, 4) is 11.6 Å². The minimum Gasteiger partial charge on any atom is -0.477 e. The van der Waals surface area contributed by atoms with Crippen LogP contribution in [0.25, 0.3) is 0 Å². The maximum atomic E-state index is 12.9. The van der Waals surface area contributed by atoms with Crippen LogP contribution in [-0.4, -0.2) is 16.1 Å². The highest BCUT2D eigenvalue weighted by molar-refractivity contribution is 9.10. The zero-order valence-corrected chi connectivity index (χ0v) is 10.5. The normalized spacial score (nSPS) is 10.1. The van der Waals surface area contributed by atoms with E-state index < -0.39 is 11.8 Å². The number of carbonyl (C=O) groups is 1. The van der Waals surface area contributed by atoms with Gasteiger partial charge in [0.1, 0.15) is 17.1 Å². The van der Waals surface area contributed by atoms with E-state index in [1.807, 2.05) is 0 Å². The molecule has 0 aliphatic heterocycles. The van der Waals surface area contributed by atoms with Gasteiger partial charge in [-0.15, -0.1) is 0 Å². The van der Waals surface area contributed by atoms with E-state index >= 15 is 0 Å². The smallest absolute Gasteiger partial charge is 0.341 e. The second kappa shape index (κ2) is 5.14. The van der Waals surface area contributed by atoms with Gasteiger partial charge in [0, 0.05) is 4.47 Å². The van der Waals surface area contributed by atoms with Crippen molar-refractivity contribution < 1.29 is 19.0 Å². The minimum absolute atomic E-state index is 0.147. The third-order valence-corrected chi connectivity index (χ3v) is 2.61. The molecule has 1 aromatic heterocycles. The monoisotopic (exact) mass is 311 g/mol. The molecular formula is C12H7BrFNO3. The average molecular weight is 312 g/mol. The fourth-order valence-electron chi connectivity index (χ4n) is 1.28. The van der Waals surface area contributed by atoms with Gasteiger partial charge in [-0.1, -0.05) is 15.9 Å². The van der Waals surface area contributed by atoms with E-state index in [9.17, 15) is 9.18 Å². The predicted molar refractivity (Wildman–Crippen MR) is 65.4 cm³/mol. The lowest BCUT2D eigenvalue weighted by Gasteiger charge is -2.07. The number of benzene rings is 1. The molecule has 1 heterocycles. The summed E-state index contributed by atoms with van der Waals surface area (Å²) in [7, 11) is 0. The fraction of sp³-hybridized carbons (Fsp3) is 0. The Morgan fingerprint density at radius 1 is 1.33 bits per heavy atom. The van der Waals surface area contributed by atoms with E-state index in [0.717, 1.165) is 16.7 Å². The van der Waals surface area contributed by atoms with Crippen molar-refractivity contribution in [2.24, 2.45) is 0 Å². The summed E-state index contributed by atoms with van der Waals surface area (Å²) in [5.41, 5.74) is -0.321. The molecule has 92 valence electrons. The molecule has 2 aromatic rings. The van der Waals surface area contributed by atoms with Crippen molar-refractivity contribution in [2.75, 3.05) is 0 Å². The summed E-state index contributed by atoms with van der Waals surface area (Å²) in [6.07, 6.45) is 0.903. The standard InChI is InChI=1S/C12H7BrFNO3/c13-7-1-3-9(4-2-7)18-11-10(12(16)17)5-8(14)6-15-11/h1-6H,(H,16,17). The number of aromatic carboxylic acids is 1. The van der Waals surface area contributed by atoms with Crippen molar-refractivity contribution in [2.45, 2.75) is 0 Å². The summed E-state index contributed by atoms with van der Waals surface area (Å²) in [5.74, 6) is -1.75. The van der Waals surface area contributed by atoms with Crippen LogP contribution in [-0.2, 0) is 0 Å². The topological polar surface area (TPSA) is 59.4 Å². The maximum Gasteiger partial charge on any atom is 0.341 e. The van der Waals surface area contributed by atoms with Crippen LogP contribution in [0.2, 0.25) is 0 Å². The number of nitrogens with zero attached hydrogens (tertiary/aromatic N) is 1. The first-order valence-electron chi connectivity index (χ1n) is 4.88. The molecule has 0 aliphatic rings. The molecule has 1 N–H and O–H groups in total. The van der Waals surface area contributed by atoms with Gasteiger partial charge in [-0.05, 0) is 30.3 Å². The van der Waals surface area contributed by atoms with Crippen LogP contribution in [0.1, 0.15) is 10.4 Å². The van der Waals surface area contributed by atoms with Gasteiger partial charge in [0.2, 0.25) is 5.88 Å². The van der Waals surface area contributed by atoms with E-state index in [0.29, 0.717) is 5.75 Å². The molecule has 0 radical (unpaired) electrons. The molecule has 0 spiro atoms.